The number of nitrogens with two attached hydrogens (primary N) is 1. The number of amidine groups is 1. The molecule has 1 aromatic heterocycles. The predicted molar refractivity (Wildman–Crippen MR) is 57.9 cm³/mol. The number of nitrogens with one attached hydrogen (secondary N) is 1. The van der Waals surface area contributed by atoms with Gasteiger partial charge in [0.25, 0.3) is 0 Å². The van der Waals surface area contributed by atoms with E-state index in [0.717, 1.165) is 0 Å². The van der Waals surface area contributed by atoms with Gasteiger partial charge in [0, 0.05) is 5.37 Å². The summed E-state index contributed by atoms with van der Waals surface area (Å²) >= 11 is 4.76. The van der Waals surface area contributed by atoms with E-state index in [1.165, 1.54) is 11.7 Å². The molecule has 2 heterocycles. The molecule has 7 heteroatoms. The van der Waals surface area contributed by atoms with Crippen molar-refractivity contribution < 1.29 is 0 Å². The molecule has 1 unspecified atom stereocenters. The summed E-state index contributed by atoms with van der Waals surface area (Å²) in [5.41, 5.74) is 6.05. The van der Waals surface area contributed by atoms with E-state index in [2.05, 4.69) is 20.2 Å². The fourth-order valence-corrected chi connectivity index (χ4v) is 1.42. The second-order valence-corrected chi connectivity index (χ2v) is 3.43. The molecular formula is C8H8N6S. The second kappa shape index (κ2) is 3.52. The molecule has 0 aromatic carbocycles. The molecule has 6 nitrogen and oxygen atoms in total. The Bertz CT molecular complexity index is 456. The zero-order valence-corrected chi connectivity index (χ0v) is 8.53. The lowest BCUT2D eigenvalue weighted by Gasteiger charge is -2.16. The molecule has 2 rings (SSSR count). The van der Waals surface area contributed by atoms with Gasteiger partial charge in [0.15, 0.2) is 5.66 Å². The van der Waals surface area contributed by atoms with Crippen molar-refractivity contribution in [2.75, 3.05) is 0 Å². The normalized spacial score (nSPS) is 24.5. The van der Waals surface area contributed by atoms with E-state index in [1.54, 1.807) is 6.07 Å². The minimum absolute atomic E-state index is 0.153. The van der Waals surface area contributed by atoms with Gasteiger partial charge in [0.2, 0.25) is 0 Å². The maximum atomic E-state index is 7.34. The molecule has 1 aliphatic heterocycles. The second-order valence-electron chi connectivity index (χ2n) is 3.19. The quantitative estimate of drug-likeness (QED) is 0.719. The molecule has 1 atom stereocenters. The van der Waals surface area contributed by atoms with Crippen LogP contribution in [0.1, 0.15) is 17.8 Å². The highest BCUT2D eigenvalue weighted by molar-refractivity contribution is 7.79. The first-order valence-corrected chi connectivity index (χ1v) is 4.68. The first-order chi connectivity index (χ1) is 7.14. The van der Waals surface area contributed by atoms with Crippen LogP contribution in [-0.2, 0) is 5.66 Å². The van der Waals surface area contributed by atoms with Crippen LogP contribution in [0.2, 0.25) is 0 Å². The van der Waals surface area contributed by atoms with Gasteiger partial charge in [0.05, 0.1) is 17.8 Å². The molecule has 0 aliphatic carbocycles. The molecule has 0 radical (unpaired) electrons. The summed E-state index contributed by atoms with van der Waals surface area (Å²) in [4.78, 5) is 7.95. The van der Waals surface area contributed by atoms with Gasteiger partial charge >= 0.3 is 0 Å². The summed E-state index contributed by atoms with van der Waals surface area (Å²) in [6.07, 6.45) is 1.63. The molecule has 15 heavy (non-hydrogen) atoms. The molecule has 0 fully saturated rings. The number of hydrogen-bond donors (Lipinski definition) is 2. The molecule has 0 spiro atoms. The maximum Gasteiger partial charge on any atom is 0.179 e. The van der Waals surface area contributed by atoms with Crippen LogP contribution >= 0.6 is 12.2 Å². The fraction of sp³-hybridized carbons (Fsp3) is 0.250. The van der Waals surface area contributed by atoms with Crippen LogP contribution in [0.15, 0.2) is 22.6 Å². The van der Waals surface area contributed by atoms with Crippen LogP contribution in [0.4, 0.5) is 0 Å². The Hall–Kier alpha value is -1.60. The smallest absolute Gasteiger partial charge is 0.179 e. The van der Waals surface area contributed by atoms with Crippen LogP contribution in [0, 0.1) is 5.41 Å². The van der Waals surface area contributed by atoms with Gasteiger partial charge in [-0.25, -0.2) is 9.97 Å². The number of nitrogens with zero attached hydrogens (tertiary/aromatic N) is 4. The standard InChI is InChI=1S/C8H8N6S/c9-7-2-8(10,14-13-7)6-1-5(3-15)11-4-12-6/h1,3-4,9H,2,10H2. The summed E-state index contributed by atoms with van der Waals surface area (Å²) in [5, 5.41) is 16.2. The first-order valence-electron chi connectivity index (χ1n) is 4.21. The molecule has 0 saturated carbocycles. The van der Waals surface area contributed by atoms with Crippen molar-refractivity contribution in [2.24, 2.45) is 16.0 Å². The summed E-state index contributed by atoms with van der Waals surface area (Å²) in [6, 6.07) is 1.66. The number of rotatable bonds is 2. The highest BCUT2D eigenvalue weighted by Crippen LogP contribution is 2.27. The van der Waals surface area contributed by atoms with Crippen molar-refractivity contribution >= 4 is 23.4 Å². The Morgan fingerprint density at radius 2 is 2.33 bits per heavy atom. The summed E-state index contributed by atoms with van der Waals surface area (Å²) in [7, 11) is 0. The molecule has 0 saturated heterocycles. The number of thiocarbonyl (C=S) groups is 1. The average molecular weight is 220 g/mol. The van der Waals surface area contributed by atoms with Gasteiger partial charge in [-0.3, -0.25) is 5.41 Å². The zero-order chi connectivity index (χ0) is 10.9. The number of azo groups is 1. The van der Waals surface area contributed by atoms with Crippen LogP contribution in [0.5, 0.6) is 0 Å². The molecule has 0 bridgehead atoms. The lowest BCUT2D eigenvalue weighted by Crippen LogP contribution is -2.34. The summed E-state index contributed by atoms with van der Waals surface area (Å²) < 4.78 is 0. The Kier molecular flexibility index (Phi) is 2.33. The van der Waals surface area contributed by atoms with E-state index >= 15 is 0 Å². The van der Waals surface area contributed by atoms with Crippen molar-refractivity contribution in [3.8, 4) is 0 Å². The summed E-state index contributed by atoms with van der Waals surface area (Å²) in [6.45, 7) is 0. The molecular weight excluding hydrogens is 212 g/mol. The Labute approximate surface area is 91.2 Å². The van der Waals surface area contributed by atoms with Crippen molar-refractivity contribution in [2.45, 2.75) is 12.1 Å². The van der Waals surface area contributed by atoms with Gasteiger partial charge in [-0.05, 0) is 6.07 Å². The van der Waals surface area contributed by atoms with Crippen molar-refractivity contribution in [1.82, 2.24) is 9.97 Å². The minimum atomic E-state index is -1.03. The van der Waals surface area contributed by atoms with Gasteiger partial charge in [-0.15, -0.1) is 5.11 Å². The van der Waals surface area contributed by atoms with E-state index in [-0.39, 0.29) is 12.3 Å². The average Bonchev–Trinajstić information content (AvgIpc) is 2.60. The number of hydrogen-bond acceptors (Lipinski definition) is 6. The van der Waals surface area contributed by atoms with E-state index < -0.39 is 5.66 Å². The minimum Gasteiger partial charge on any atom is -0.300 e. The van der Waals surface area contributed by atoms with E-state index in [9.17, 15) is 0 Å². The Balaban J connectivity index is 2.41. The highest BCUT2D eigenvalue weighted by atomic mass is 32.1. The van der Waals surface area contributed by atoms with Gasteiger partial charge in [-0.1, -0.05) is 12.2 Å². The molecule has 1 aromatic rings. The molecule has 0 amide bonds. The van der Waals surface area contributed by atoms with Gasteiger partial charge in [0.1, 0.15) is 12.2 Å². The third-order valence-electron chi connectivity index (χ3n) is 2.04. The van der Waals surface area contributed by atoms with Gasteiger partial charge < -0.3 is 5.73 Å². The fourth-order valence-electron chi connectivity index (χ4n) is 1.29. The Morgan fingerprint density at radius 3 is 2.93 bits per heavy atom. The molecule has 3 N–H and O–H groups in total. The van der Waals surface area contributed by atoms with Crippen LogP contribution in [0.25, 0.3) is 0 Å². The molecule has 1 aliphatic rings. The van der Waals surface area contributed by atoms with Crippen molar-refractivity contribution in [1.29, 1.82) is 5.41 Å². The van der Waals surface area contributed by atoms with Crippen molar-refractivity contribution in [3.05, 3.63) is 23.8 Å². The van der Waals surface area contributed by atoms with Gasteiger partial charge in [-0.2, -0.15) is 5.11 Å². The highest BCUT2D eigenvalue weighted by Gasteiger charge is 2.35. The lowest BCUT2D eigenvalue weighted by atomic mass is 10.0. The van der Waals surface area contributed by atoms with Crippen LogP contribution < -0.4 is 5.73 Å². The SMILES string of the molecule is N=C1CC(N)(c2cc(C=S)ncn2)N=N1. The van der Waals surface area contributed by atoms with E-state index in [0.29, 0.717) is 11.4 Å². The van der Waals surface area contributed by atoms with Crippen LogP contribution in [0.3, 0.4) is 0 Å². The van der Waals surface area contributed by atoms with E-state index in [1.807, 2.05) is 0 Å². The van der Waals surface area contributed by atoms with Crippen molar-refractivity contribution in [3.63, 3.8) is 0 Å². The largest absolute Gasteiger partial charge is 0.300 e. The lowest BCUT2D eigenvalue weighted by molar-refractivity contribution is 0.476. The monoisotopic (exact) mass is 220 g/mol. The van der Waals surface area contributed by atoms with E-state index in [4.69, 9.17) is 23.4 Å². The topological polar surface area (TPSA) is 100 Å². The summed E-state index contributed by atoms with van der Waals surface area (Å²) in [5.74, 6) is 0.153. The number of aromatic nitrogens is 2. The molecule has 76 valence electrons. The maximum absolute atomic E-state index is 7.34. The third kappa shape index (κ3) is 1.79. The third-order valence-corrected chi connectivity index (χ3v) is 2.28. The predicted octanol–water partition coefficient (Wildman–Crippen LogP) is 0.769. The Morgan fingerprint density at radius 1 is 1.53 bits per heavy atom. The zero-order valence-electron chi connectivity index (χ0n) is 7.71. The first kappa shape index (κ1) is 9.94. The van der Waals surface area contributed by atoms with Crippen LogP contribution in [-0.4, -0.2) is 21.2 Å².